The highest BCUT2D eigenvalue weighted by Crippen LogP contribution is 2.13. The van der Waals surface area contributed by atoms with Crippen LogP contribution in [0.2, 0.25) is 0 Å². The second-order valence-electron chi connectivity index (χ2n) is 5.02. The third-order valence-corrected chi connectivity index (χ3v) is 4.86. The summed E-state index contributed by atoms with van der Waals surface area (Å²) in [6, 6.07) is -0.602. The van der Waals surface area contributed by atoms with Crippen LogP contribution in [0.4, 0.5) is 0 Å². The molecule has 0 rings (SSSR count). The van der Waals surface area contributed by atoms with Gasteiger partial charge in [-0.25, -0.2) is 8.42 Å². The molecule has 0 aromatic carbocycles. The molecule has 0 aliphatic heterocycles. The molecule has 0 aromatic heterocycles. The molecule has 0 fully saturated rings. The van der Waals surface area contributed by atoms with E-state index in [1.54, 1.807) is 13.8 Å². The summed E-state index contributed by atoms with van der Waals surface area (Å²) in [5.74, 6) is -0.284. The number of hydrogen-bond donors (Lipinski definition) is 2. The van der Waals surface area contributed by atoms with Crippen LogP contribution < -0.4 is 11.1 Å². The summed E-state index contributed by atoms with van der Waals surface area (Å²) in [4.78, 5) is 11.5. The van der Waals surface area contributed by atoms with E-state index in [9.17, 15) is 13.2 Å². The van der Waals surface area contributed by atoms with Gasteiger partial charge < -0.3 is 11.1 Å². The Hall–Kier alpha value is -0.620. The number of nitrogens with two attached hydrogens (primary N) is 1. The fourth-order valence-electron chi connectivity index (χ4n) is 0.852. The highest BCUT2D eigenvalue weighted by molar-refractivity contribution is 7.92. The molecular weight excluding hydrogens is 228 g/mol. The van der Waals surface area contributed by atoms with Crippen LogP contribution in [0.3, 0.4) is 0 Å². The van der Waals surface area contributed by atoms with Gasteiger partial charge >= 0.3 is 0 Å². The van der Waals surface area contributed by atoms with Crippen LogP contribution >= 0.6 is 0 Å². The minimum atomic E-state index is -3.20. The minimum absolute atomic E-state index is 0.0290. The van der Waals surface area contributed by atoms with E-state index in [4.69, 9.17) is 5.73 Å². The molecule has 0 saturated carbocycles. The molecular formula is C10H22N2O3S. The van der Waals surface area contributed by atoms with Crippen LogP contribution in [-0.4, -0.2) is 37.9 Å². The first-order valence-electron chi connectivity index (χ1n) is 5.22. The highest BCUT2D eigenvalue weighted by atomic mass is 32.2. The monoisotopic (exact) mass is 250 g/mol. The average molecular weight is 250 g/mol. The Kier molecular flexibility index (Phi) is 4.94. The zero-order chi connectivity index (χ0) is 13.1. The molecule has 1 unspecified atom stereocenters. The van der Waals surface area contributed by atoms with Crippen LogP contribution in [0.15, 0.2) is 0 Å². The van der Waals surface area contributed by atoms with Gasteiger partial charge in [-0.15, -0.1) is 0 Å². The molecule has 16 heavy (non-hydrogen) atoms. The molecule has 0 radical (unpaired) electrons. The van der Waals surface area contributed by atoms with E-state index in [1.807, 2.05) is 13.8 Å². The predicted molar refractivity (Wildman–Crippen MR) is 64.7 cm³/mol. The molecule has 1 atom stereocenters. The Balaban J connectivity index is 4.43. The Morgan fingerprint density at radius 1 is 1.38 bits per heavy atom. The number of amides is 1. The topological polar surface area (TPSA) is 89.3 Å². The Morgan fingerprint density at radius 2 is 1.81 bits per heavy atom. The van der Waals surface area contributed by atoms with Crippen molar-refractivity contribution in [3.05, 3.63) is 0 Å². The van der Waals surface area contributed by atoms with Gasteiger partial charge in [0.25, 0.3) is 0 Å². The summed E-state index contributed by atoms with van der Waals surface area (Å²) in [5.41, 5.74) is 5.64. The molecule has 0 heterocycles. The molecule has 0 spiro atoms. The largest absolute Gasteiger partial charge is 0.353 e. The van der Waals surface area contributed by atoms with E-state index in [0.717, 1.165) is 6.26 Å². The molecule has 0 aliphatic carbocycles. The summed E-state index contributed by atoms with van der Waals surface area (Å²) in [7, 11) is -3.20. The molecule has 5 nitrogen and oxygen atoms in total. The van der Waals surface area contributed by atoms with E-state index in [1.165, 1.54) is 0 Å². The maximum atomic E-state index is 11.5. The van der Waals surface area contributed by atoms with E-state index in [-0.39, 0.29) is 18.4 Å². The van der Waals surface area contributed by atoms with Crippen molar-refractivity contribution in [3.63, 3.8) is 0 Å². The van der Waals surface area contributed by atoms with Crippen molar-refractivity contribution in [2.75, 3.05) is 12.8 Å². The maximum Gasteiger partial charge on any atom is 0.237 e. The summed E-state index contributed by atoms with van der Waals surface area (Å²) in [5, 5.41) is 2.57. The third-order valence-electron chi connectivity index (χ3n) is 2.71. The number of nitrogens with one attached hydrogen (secondary N) is 1. The molecule has 6 heteroatoms. The molecule has 0 aromatic rings. The van der Waals surface area contributed by atoms with Crippen LogP contribution in [0.5, 0.6) is 0 Å². The number of carbonyl (C=O) groups excluding carboxylic acids is 1. The Bertz CT molecular complexity index is 347. The molecule has 96 valence electrons. The number of carbonyl (C=O) groups is 1. The summed E-state index contributed by atoms with van der Waals surface area (Å²) in [6.07, 6.45) is 1.15. The fraction of sp³-hybridized carbons (Fsp3) is 0.900. The quantitative estimate of drug-likeness (QED) is 0.713. The second kappa shape index (κ2) is 5.14. The van der Waals surface area contributed by atoms with Crippen molar-refractivity contribution < 1.29 is 13.2 Å². The van der Waals surface area contributed by atoms with Crippen LogP contribution in [0.1, 0.15) is 27.7 Å². The molecule has 1 amide bonds. The van der Waals surface area contributed by atoms with Gasteiger partial charge in [-0.3, -0.25) is 4.79 Å². The van der Waals surface area contributed by atoms with Crippen molar-refractivity contribution in [3.8, 4) is 0 Å². The number of rotatable bonds is 5. The zero-order valence-corrected chi connectivity index (χ0v) is 11.4. The number of sulfone groups is 1. The van der Waals surface area contributed by atoms with Gasteiger partial charge in [0.1, 0.15) is 0 Å². The Morgan fingerprint density at radius 3 is 2.12 bits per heavy atom. The molecule has 0 aliphatic rings. The first-order valence-corrected chi connectivity index (χ1v) is 7.11. The van der Waals surface area contributed by atoms with Gasteiger partial charge in [0.05, 0.1) is 10.8 Å². The van der Waals surface area contributed by atoms with E-state index in [2.05, 4.69) is 5.32 Å². The normalized spacial score (nSPS) is 14.9. The fourth-order valence-corrected chi connectivity index (χ4v) is 1.19. The highest BCUT2D eigenvalue weighted by Gasteiger charge is 2.31. The maximum absolute atomic E-state index is 11.5. The second-order valence-corrected chi connectivity index (χ2v) is 7.67. The molecule has 3 N–H and O–H groups in total. The minimum Gasteiger partial charge on any atom is -0.353 e. The standard InChI is InChI=1S/C10H22N2O3S/c1-7(2)8(11)9(13)12-6-10(3,4)16(5,14)15/h7-8H,6,11H2,1-5H3,(H,12,13). The van der Waals surface area contributed by atoms with Gasteiger partial charge in [-0.2, -0.15) is 0 Å². The van der Waals surface area contributed by atoms with E-state index >= 15 is 0 Å². The van der Waals surface area contributed by atoms with E-state index < -0.39 is 20.6 Å². The third kappa shape index (κ3) is 4.09. The molecule has 0 saturated heterocycles. The molecule has 0 bridgehead atoms. The first-order chi connectivity index (χ1) is 6.99. The Labute approximate surface area is 97.7 Å². The van der Waals surface area contributed by atoms with Crippen molar-refractivity contribution in [1.29, 1.82) is 0 Å². The van der Waals surface area contributed by atoms with Gasteiger partial charge in [0, 0.05) is 12.8 Å². The van der Waals surface area contributed by atoms with Crippen molar-refractivity contribution in [2.45, 2.75) is 38.5 Å². The van der Waals surface area contributed by atoms with E-state index in [0.29, 0.717) is 0 Å². The van der Waals surface area contributed by atoms with Crippen molar-refractivity contribution >= 4 is 15.7 Å². The van der Waals surface area contributed by atoms with Gasteiger partial charge in [-0.1, -0.05) is 13.8 Å². The predicted octanol–water partition coefficient (Wildman–Crippen LogP) is -0.0909. The van der Waals surface area contributed by atoms with Crippen molar-refractivity contribution in [2.24, 2.45) is 11.7 Å². The lowest BCUT2D eigenvalue weighted by Gasteiger charge is -2.24. The van der Waals surface area contributed by atoms with Gasteiger partial charge in [-0.05, 0) is 19.8 Å². The summed E-state index contributed by atoms with van der Waals surface area (Å²) in [6.45, 7) is 6.90. The lowest BCUT2D eigenvalue weighted by Crippen LogP contribution is -2.50. The van der Waals surface area contributed by atoms with Crippen molar-refractivity contribution in [1.82, 2.24) is 5.32 Å². The first kappa shape index (κ1) is 15.4. The average Bonchev–Trinajstić information content (AvgIpc) is 2.11. The van der Waals surface area contributed by atoms with Crippen LogP contribution in [0, 0.1) is 5.92 Å². The SMILES string of the molecule is CC(C)C(N)C(=O)NCC(C)(C)S(C)(=O)=O. The lowest BCUT2D eigenvalue weighted by atomic mass is 10.0. The summed E-state index contributed by atoms with van der Waals surface area (Å²) >= 11 is 0. The van der Waals surface area contributed by atoms with Gasteiger partial charge in [0.15, 0.2) is 9.84 Å². The van der Waals surface area contributed by atoms with Crippen LogP contribution in [0.25, 0.3) is 0 Å². The van der Waals surface area contributed by atoms with Gasteiger partial charge in [0.2, 0.25) is 5.91 Å². The lowest BCUT2D eigenvalue weighted by molar-refractivity contribution is -0.123. The zero-order valence-electron chi connectivity index (χ0n) is 10.6. The smallest absolute Gasteiger partial charge is 0.237 e. The van der Waals surface area contributed by atoms with Crippen LogP contribution in [-0.2, 0) is 14.6 Å². The number of hydrogen-bond acceptors (Lipinski definition) is 4. The summed E-state index contributed by atoms with van der Waals surface area (Å²) < 4.78 is 21.8.